The first-order valence-electron chi connectivity index (χ1n) is 6.00. The van der Waals surface area contributed by atoms with E-state index in [0.717, 1.165) is 11.1 Å². The molecule has 2 aromatic rings. The van der Waals surface area contributed by atoms with Crippen molar-refractivity contribution in [2.24, 2.45) is 0 Å². The second-order valence-corrected chi connectivity index (χ2v) is 4.22. The first-order chi connectivity index (χ1) is 9.19. The Balaban J connectivity index is 1.93. The number of ether oxygens (including phenoxy) is 1. The van der Waals surface area contributed by atoms with Crippen LogP contribution in [0.25, 0.3) is 0 Å². The van der Waals surface area contributed by atoms with E-state index < -0.39 is 0 Å². The number of methoxy groups -OCH3 is 1. The zero-order chi connectivity index (χ0) is 13.7. The Morgan fingerprint density at radius 2 is 1.84 bits per heavy atom. The molecular weight excluding hydrogens is 245 g/mol. The molecule has 2 aromatic carbocycles. The molecule has 2 rings (SSSR count). The van der Waals surface area contributed by atoms with Gasteiger partial charge in [0.2, 0.25) is 0 Å². The molecule has 4 heteroatoms. The van der Waals surface area contributed by atoms with Crippen LogP contribution in [0.15, 0.2) is 42.5 Å². The molecule has 100 valence electrons. The molecule has 0 amide bonds. The Kier molecular flexibility index (Phi) is 4.36. The zero-order valence-corrected chi connectivity index (χ0v) is 10.7. The molecule has 0 unspecified atom stereocenters. The van der Waals surface area contributed by atoms with Gasteiger partial charge in [-0.25, -0.2) is 4.39 Å². The predicted octanol–water partition coefficient (Wildman–Crippen LogP) is 2.83. The van der Waals surface area contributed by atoms with E-state index in [2.05, 4.69) is 5.32 Å². The third kappa shape index (κ3) is 3.69. The maximum atomic E-state index is 12.7. The molecule has 0 aromatic heterocycles. The second kappa shape index (κ2) is 6.20. The van der Waals surface area contributed by atoms with Gasteiger partial charge in [0.15, 0.2) is 0 Å². The fourth-order valence-electron chi connectivity index (χ4n) is 1.77. The number of hydrogen-bond acceptors (Lipinski definition) is 3. The fourth-order valence-corrected chi connectivity index (χ4v) is 1.77. The standard InChI is InChI=1S/C15H16FNO2/c1-19-14-6-7-15(18)12(8-14)10-17-9-11-2-4-13(16)5-3-11/h2-8,17-18H,9-10H2,1H3. The van der Waals surface area contributed by atoms with Crippen LogP contribution in [0.4, 0.5) is 4.39 Å². The number of phenols is 1. The lowest BCUT2D eigenvalue weighted by Crippen LogP contribution is -2.12. The van der Waals surface area contributed by atoms with Crippen molar-refractivity contribution >= 4 is 0 Å². The van der Waals surface area contributed by atoms with Gasteiger partial charge in [-0.1, -0.05) is 12.1 Å². The number of benzene rings is 2. The third-order valence-corrected chi connectivity index (χ3v) is 2.84. The highest BCUT2D eigenvalue weighted by Gasteiger charge is 2.03. The quantitative estimate of drug-likeness (QED) is 0.869. The van der Waals surface area contributed by atoms with Crippen molar-refractivity contribution in [3.05, 3.63) is 59.4 Å². The first kappa shape index (κ1) is 13.4. The molecule has 0 saturated carbocycles. The Hall–Kier alpha value is -2.07. The van der Waals surface area contributed by atoms with E-state index in [0.29, 0.717) is 18.8 Å². The highest BCUT2D eigenvalue weighted by Crippen LogP contribution is 2.22. The molecule has 0 aliphatic heterocycles. The Morgan fingerprint density at radius 3 is 2.53 bits per heavy atom. The highest BCUT2D eigenvalue weighted by molar-refractivity contribution is 5.39. The van der Waals surface area contributed by atoms with Crippen molar-refractivity contribution in [3.63, 3.8) is 0 Å². The number of hydrogen-bond donors (Lipinski definition) is 2. The Bertz CT molecular complexity index is 540. The summed E-state index contributed by atoms with van der Waals surface area (Å²) in [6, 6.07) is 11.4. The first-order valence-corrected chi connectivity index (χ1v) is 6.00. The van der Waals surface area contributed by atoms with Crippen LogP contribution in [0.2, 0.25) is 0 Å². The maximum absolute atomic E-state index is 12.7. The summed E-state index contributed by atoms with van der Waals surface area (Å²) in [7, 11) is 1.59. The maximum Gasteiger partial charge on any atom is 0.123 e. The fraction of sp³-hybridized carbons (Fsp3) is 0.200. The second-order valence-electron chi connectivity index (χ2n) is 4.22. The van der Waals surface area contributed by atoms with Gasteiger partial charge in [-0.05, 0) is 35.9 Å². The van der Waals surface area contributed by atoms with Crippen molar-refractivity contribution in [2.75, 3.05) is 7.11 Å². The molecule has 0 spiro atoms. The summed E-state index contributed by atoms with van der Waals surface area (Å²) < 4.78 is 17.8. The van der Waals surface area contributed by atoms with Crippen LogP contribution in [0.3, 0.4) is 0 Å². The van der Waals surface area contributed by atoms with E-state index in [1.165, 1.54) is 12.1 Å². The summed E-state index contributed by atoms with van der Waals surface area (Å²) in [5, 5.41) is 12.9. The van der Waals surface area contributed by atoms with Crippen LogP contribution in [-0.2, 0) is 13.1 Å². The molecule has 0 heterocycles. The average Bonchev–Trinajstić information content (AvgIpc) is 2.43. The topological polar surface area (TPSA) is 41.5 Å². The molecule has 0 bridgehead atoms. The van der Waals surface area contributed by atoms with Crippen LogP contribution in [0.5, 0.6) is 11.5 Å². The monoisotopic (exact) mass is 261 g/mol. The zero-order valence-electron chi connectivity index (χ0n) is 10.7. The molecule has 0 radical (unpaired) electrons. The Labute approximate surface area is 111 Å². The molecular formula is C15H16FNO2. The number of halogens is 1. The summed E-state index contributed by atoms with van der Waals surface area (Å²) in [6.45, 7) is 1.12. The van der Waals surface area contributed by atoms with Crippen LogP contribution in [0.1, 0.15) is 11.1 Å². The van der Waals surface area contributed by atoms with E-state index >= 15 is 0 Å². The van der Waals surface area contributed by atoms with Crippen molar-refractivity contribution in [1.29, 1.82) is 0 Å². The van der Waals surface area contributed by atoms with Crippen LogP contribution in [-0.4, -0.2) is 12.2 Å². The molecule has 0 saturated heterocycles. The number of rotatable bonds is 5. The van der Waals surface area contributed by atoms with Crippen molar-refractivity contribution in [3.8, 4) is 11.5 Å². The van der Waals surface area contributed by atoms with Crippen LogP contribution < -0.4 is 10.1 Å². The molecule has 0 fully saturated rings. The van der Waals surface area contributed by atoms with Gasteiger partial charge in [0, 0.05) is 18.7 Å². The van der Waals surface area contributed by atoms with Crippen LogP contribution >= 0.6 is 0 Å². The Morgan fingerprint density at radius 1 is 1.11 bits per heavy atom. The average molecular weight is 261 g/mol. The third-order valence-electron chi connectivity index (χ3n) is 2.84. The lowest BCUT2D eigenvalue weighted by molar-refractivity contribution is 0.410. The van der Waals surface area contributed by atoms with Gasteiger partial charge in [-0.3, -0.25) is 0 Å². The normalized spacial score (nSPS) is 10.4. The number of aromatic hydroxyl groups is 1. The summed E-state index contributed by atoms with van der Waals surface area (Å²) >= 11 is 0. The smallest absolute Gasteiger partial charge is 0.123 e. The minimum atomic E-state index is -0.241. The summed E-state index contributed by atoms with van der Waals surface area (Å²) in [4.78, 5) is 0. The van der Waals surface area contributed by atoms with Crippen LogP contribution in [0, 0.1) is 5.82 Å². The van der Waals surface area contributed by atoms with Gasteiger partial charge in [-0.15, -0.1) is 0 Å². The van der Waals surface area contributed by atoms with Crippen molar-refractivity contribution in [1.82, 2.24) is 5.32 Å². The van der Waals surface area contributed by atoms with Crippen molar-refractivity contribution < 1.29 is 14.2 Å². The largest absolute Gasteiger partial charge is 0.508 e. The molecule has 0 atom stereocenters. The lowest BCUT2D eigenvalue weighted by atomic mass is 10.1. The van der Waals surface area contributed by atoms with Gasteiger partial charge in [0.25, 0.3) is 0 Å². The lowest BCUT2D eigenvalue weighted by Gasteiger charge is -2.09. The molecule has 3 nitrogen and oxygen atoms in total. The summed E-state index contributed by atoms with van der Waals surface area (Å²) in [5.41, 5.74) is 1.75. The number of nitrogens with one attached hydrogen (secondary N) is 1. The van der Waals surface area contributed by atoms with E-state index in [9.17, 15) is 9.50 Å². The van der Waals surface area contributed by atoms with E-state index in [-0.39, 0.29) is 11.6 Å². The van der Waals surface area contributed by atoms with Gasteiger partial charge in [-0.2, -0.15) is 0 Å². The minimum absolute atomic E-state index is 0.229. The minimum Gasteiger partial charge on any atom is -0.508 e. The summed E-state index contributed by atoms with van der Waals surface area (Å²) in [6.07, 6.45) is 0. The molecule has 19 heavy (non-hydrogen) atoms. The molecule has 0 aliphatic rings. The van der Waals surface area contributed by atoms with Gasteiger partial charge < -0.3 is 15.2 Å². The van der Waals surface area contributed by atoms with Gasteiger partial charge in [0.1, 0.15) is 17.3 Å². The molecule has 2 N–H and O–H groups in total. The van der Waals surface area contributed by atoms with Crippen molar-refractivity contribution in [2.45, 2.75) is 13.1 Å². The highest BCUT2D eigenvalue weighted by atomic mass is 19.1. The predicted molar refractivity (Wildman–Crippen MR) is 71.6 cm³/mol. The van der Waals surface area contributed by atoms with Gasteiger partial charge >= 0.3 is 0 Å². The van der Waals surface area contributed by atoms with E-state index in [1.54, 1.807) is 37.4 Å². The SMILES string of the molecule is COc1ccc(O)c(CNCc2ccc(F)cc2)c1. The molecule has 0 aliphatic carbocycles. The summed E-state index contributed by atoms with van der Waals surface area (Å²) in [5.74, 6) is 0.693. The van der Waals surface area contributed by atoms with Gasteiger partial charge in [0.05, 0.1) is 7.11 Å². The van der Waals surface area contributed by atoms with E-state index in [1.807, 2.05) is 0 Å². The number of phenolic OH excluding ortho intramolecular Hbond substituents is 1. The van der Waals surface area contributed by atoms with E-state index in [4.69, 9.17) is 4.74 Å².